The van der Waals surface area contributed by atoms with Crippen LogP contribution >= 0.6 is 0 Å². The molecule has 5 heteroatoms. The number of likely N-dealkylation sites (tertiary alicyclic amines) is 1. The Kier molecular flexibility index (Phi) is 4.81. The predicted octanol–water partition coefficient (Wildman–Crippen LogP) is 3.29. The van der Waals surface area contributed by atoms with Crippen LogP contribution in [0.25, 0.3) is 10.9 Å². The number of rotatable bonds is 5. The monoisotopic (exact) mass is 368 g/mol. The molecule has 1 aromatic heterocycles. The topological polar surface area (TPSA) is 51.5 Å². The van der Waals surface area contributed by atoms with E-state index in [4.69, 9.17) is 4.74 Å². The Morgan fingerprint density at radius 3 is 2.48 bits per heavy atom. The molecule has 0 N–H and O–H groups in total. The Morgan fingerprint density at radius 1 is 1.19 bits per heavy atom. The molecule has 27 heavy (non-hydrogen) atoms. The molecule has 1 amide bonds. The molecule has 4 rings (SSSR count). The van der Waals surface area contributed by atoms with Gasteiger partial charge in [0.15, 0.2) is 5.78 Å². The molecule has 2 aromatic rings. The van der Waals surface area contributed by atoms with Crippen molar-refractivity contribution in [1.82, 2.24) is 9.47 Å². The minimum absolute atomic E-state index is 0.0402. The lowest BCUT2D eigenvalue weighted by Gasteiger charge is -2.37. The number of amides is 1. The Morgan fingerprint density at radius 2 is 1.89 bits per heavy atom. The first-order chi connectivity index (χ1) is 13.0. The highest BCUT2D eigenvalue weighted by molar-refractivity contribution is 6.07. The van der Waals surface area contributed by atoms with Gasteiger partial charge in [-0.3, -0.25) is 9.59 Å². The molecule has 5 nitrogen and oxygen atoms in total. The zero-order chi connectivity index (χ0) is 19.1. The number of carbonyl (C=O) groups is 2. The van der Waals surface area contributed by atoms with Crippen LogP contribution in [0.4, 0.5) is 0 Å². The molecule has 2 fully saturated rings. The maximum absolute atomic E-state index is 13.1. The smallest absolute Gasteiger partial charge is 0.242 e. The highest BCUT2D eigenvalue weighted by atomic mass is 16.5. The van der Waals surface area contributed by atoms with E-state index in [1.807, 2.05) is 27.8 Å². The molecule has 2 heterocycles. The number of carbonyl (C=O) groups excluding carboxylic acids is 2. The molecule has 1 aliphatic carbocycles. The molecule has 3 atom stereocenters. The van der Waals surface area contributed by atoms with E-state index >= 15 is 0 Å². The highest BCUT2D eigenvalue weighted by Crippen LogP contribution is 2.38. The van der Waals surface area contributed by atoms with Crippen LogP contribution in [0.5, 0.6) is 0 Å². The summed E-state index contributed by atoms with van der Waals surface area (Å²) in [6.07, 6.45) is 5.33. The maximum Gasteiger partial charge on any atom is 0.242 e. The van der Waals surface area contributed by atoms with E-state index in [9.17, 15) is 9.59 Å². The van der Waals surface area contributed by atoms with Crippen LogP contribution in [0.15, 0.2) is 24.4 Å². The number of ether oxygens (including phenoxy) is 1. The van der Waals surface area contributed by atoms with Crippen LogP contribution < -0.4 is 0 Å². The number of aromatic nitrogens is 1. The molecular weight excluding hydrogens is 340 g/mol. The summed E-state index contributed by atoms with van der Waals surface area (Å²) in [5.41, 5.74) is 2.89. The number of hydrogen-bond donors (Lipinski definition) is 0. The van der Waals surface area contributed by atoms with Crippen molar-refractivity contribution in [3.05, 3.63) is 35.5 Å². The van der Waals surface area contributed by atoms with E-state index < -0.39 is 0 Å². The fraction of sp³-hybridized carbons (Fsp3) is 0.545. The number of para-hydroxylation sites is 1. The van der Waals surface area contributed by atoms with E-state index in [1.54, 1.807) is 14.0 Å². The van der Waals surface area contributed by atoms with Crippen molar-refractivity contribution in [3.63, 3.8) is 0 Å². The second-order valence-corrected chi connectivity index (χ2v) is 7.99. The van der Waals surface area contributed by atoms with Gasteiger partial charge in [-0.25, -0.2) is 0 Å². The second-order valence-electron chi connectivity index (χ2n) is 7.99. The third-order valence-electron chi connectivity index (χ3n) is 6.42. The van der Waals surface area contributed by atoms with E-state index in [1.165, 1.54) is 5.56 Å². The SMILES string of the molecule is CCc1cccc2c(C(C)=O)cn(CC(=O)N3C[C@H]4CC[C@@H](C3)C4OC)c12. The van der Waals surface area contributed by atoms with Crippen molar-refractivity contribution < 1.29 is 14.3 Å². The summed E-state index contributed by atoms with van der Waals surface area (Å²) in [5, 5.41) is 0.952. The van der Waals surface area contributed by atoms with Crippen molar-refractivity contribution in [3.8, 4) is 0 Å². The zero-order valence-corrected chi connectivity index (χ0v) is 16.4. The quantitative estimate of drug-likeness (QED) is 0.761. The summed E-state index contributed by atoms with van der Waals surface area (Å²) in [7, 11) is 1.79. The second kappa shape index (κ2) is 7.12. The third-order valence-corrected chi connectivity index (χ3v) is 6.42. The molecule has 1 aliphatic heterocycles. The van der Waals surface area contributed by atoms with Crippen LogP contribution in [-0.4, -0.2) is 47.5 Å². The third kappa shape index (κ3) is 3.08. The fourth-order valence-electron chi connectivity index (χ4n) is 5.14. The molecule has 0 spiro atoms. The lowest BCUT2D eigenvalue weighted by atomic mass is 9.95. The van der Waals surface area contributed by atoms with Gasteiger partial charge in [-0.15, -0.1) is 0 Å². The van der Waals surface area contributed by atoms with Crippen LogP contribution in [0, 0.1) is 11.8 Å². The van der Waals surface area contributed by atoms with Gasteiger partial charge in [0.05, 0.1) is 11.6 Å². The summed E-state index contributed by atoms with van der Waals surface area (Å²) in [6, 6.07) is 6.06. The van der Waals surface area contributed by atoms with E-state index in [2.05, 4.69) is 13.0 Å². The van der Waals surface area contributed by atoms with Crippen molar-refractivity contribution in [1.29, 1.82) is 0 Å². The van der Waals surface area contributed by atoms with Gasteiger partial charge >= 0.3 is 0 Å². The molecule has 144 valence electrons. The number of methoxy groups -OCH3 is 1. The summed E-state index contributed by atoms with van der Waals surface area (Å²) < 4.78 is 7.65. The van der Waals surface area contributed by atoms with Gasteiger partial charge in [-0.1, -0.05) is 25.1 Å². The Bertz CT molecular complexity index is 871. The minimum Gasteiger partial charge on any atom is -0.381 e. The molecule has 1 saturated carbocycles. The van der Waals surface area contributed by atoms with Crippen LogP contribution in [-0.2, 0) is 22.5 Å². The number of hydrogen-bond acceptors (Lipinski definition) is 3. The molecule has 0 radical (unpaired) electrons. The van der Waals surface area contributed by atoms with Crippen molar-refractivity contribution in [2.24, 2.45) is 11.8 Å². The zero-order valence-electron chi connectivity index (χ0n) is 16.4. The number of piperidine rings is 1. The van der Waals surface area contributed by atoms with Gasteiger partial charge in [0.1, 0.15) is 6.54 Å². The van der Waals surface area contributed by atoms with E-state index in [0.29, 0.717) is 23.5 Å². The number of nitrogens with zero attached hydrogens (tertiary/aromatic N) is 2. The first-order valence-electron chi connectivity index (χ1n) is 9.95. The number of ketones is 1. The lowest BCUT2D eigenvalue weighted by Crippen LogP contribution is -2.48. The minimum atomic E-state index is 0.0402. The summed E-state index contributed by atoms with van der Waals surface area (Å²) >= 11 is 0. The van der Waals surface area contributed by atoms with Crippen molar-refractivity contribution in [2.45, 2.75) is 45.8 Å². The summed E-state index contributed by atoms with van der Waals surface area (Å²) in [4.78, 5) is 27.2. The van der Waals surface area contributed by atoms with Crippen LogP contribution in [0.3, 0.4) is 0 Å². The summed E-state index contributed by atoms with van der Waals surface area (Å²) in [5.74, 6) is 1.09. The molecule has 1 saturated heterocycles. The Labute approximate surface area is 160 Å². The van der Waals surface area contributed by atoms with Gasteiger partial charge in [-0.05, 0) is 31.7 Å². The number of Topliss-reactive ketones (excluding diaryl/α,β-unsaturated/α-hetero) is 1. The maximum atomic E-state index is 13.1. The molecule has 2 bridgehead atoms. The van der Waals surface area contributed by atoms with Crippen molar-refractivity contribution >= 4 is 22.6 Å². The first-order valence-corrected chi connectivity index (χ1v) is 9.95. The van der Waals surface area contributed by atoms with Gasteiger partial charge < -0.3 is 14.2 Å². The first kappa shape index (κ1) is 18.2. The Balaban J connectivity index is 1.62. The molecule has 1 unspecified atom stereocenters. The van der Waals surface area contributed by atoms with Gasteiger partial charge in [0.2, 0.25) is 5.91 Å². The molecular formula is C22H28N2O3. The van der Waals surface area contributed by atoms with Crippen molar-refractivity contribution in [2.75, 3.05) is 20.2 Å². The van der Waals surface area contributed by atoms with Gasteiger partial charge in [0, 0.05) is 49.2 Å². The number of benzene rings is 1. The fourth-order valence-corrected chi connectivity index (χ4v) is 5.14. The molecule has 2 aliphatic rings. The Hall–Kier alpha value is -2.14. The average molecular weight is 368 g/mol. The average Bonchev–Trinajstić information content (AvgIpc) is 3.15. The van der Waals surface area contributed by atoms with Crippen LogP contribution in [0.1, 0.15) is 42.6 Å². The normalized spacial score (nSPS) is 24.6. The summed E-state index contributed by atoms with van der Waals surface area (Å²) in [6.45, 7) is 5.56. The standard InChI is InChI=1S/C22H28N2O3/c1-4-15-6-5-7-18-19(14(2)25)12-24(21(15)18)13-20(26)23-10-16-8-9-17(11-23)22(16)27-3/h5-7,12,16-17,22H,4,8-11,13H2,1-3H3/t16-,17+,22?. The van der Waals surface area contributed by atoms with Gasteiger partial charge in [-0.2, -0.15) is 0 Å². The molecule has 1 aromatic carbocycles. The predicted molar refractivity (Wildman–Crippen MR) is 105 cm³/mol. The van der Waals surface area contributed by atoms with Crippen LogP contribution in [0.2, 0.25) is 0 Å². The van der Waals surface area contributed by atoms with Gasteiger partial charge in [0.25, 0.3) is 0 Å². The lowest BCUT2D eigenvalue weighted by molar-refractivity contribution is -0.136. The van der Waals surface area contributed by atoms with E-state index in [0.717, 1.165) is 43.3 Å². The highest BCUT2D eigenvalue weighted by Gasteiger charge is 2.43. The number of fused-ring (bicyclic) bond motifs is 3. The number of aryl methyl sites for hydroxylation is 1. The van der Waals surface area contributed by atoms with E-state index in [-0.39, 0.29) is 18.2 Å². The largest absolute Gasteiger partial charge is 0.381 e.